The molecule has 5 aliphatic carbocycles. The summed E-state index contributed by atoms with van der Waals surface area (Å²) in [6, 6.07) is 0.252. The Bertz CT molecular complexity index is 887. The fraction of sp³-hybridized carbons (Fsp3) is 0.760. The molecule has 6 heteroatoms. The quantitative estimate of drug-likeness (QED) is 0.697. The highest BCUT2D eigenvalue weighted by atomic mass is 32.1. The van der Waals surface area contributed by atoms with Crippen LogP contribution in [-0.2, 0) is 22.6 Å². The van der Waals surface area contributed by atoms with Gasteiger partial charge < -0.3 is 15.4 Å². The summed E-state index contributed by atoms with van der Waals surface area (Å²) in [5.74, 6) is 2.97. The molecular formula is C25H34N2O3S. The van der Waals surface area contributed by atoms with Crippen molar-refractivity contribution < 1.29 is 14.3 Å². The third-order valence-electron chi connectivity index (χ3n) is 9.07. The first-order chi connectivity index (χ1) is 15.0. The largest absolute Gasteiger partial charge is 0.376 e. The summed E-state index contributed by atoms with van der Waals surface area (Å²) in [4.78, 5) is 28.2. The van der Waals surface area contributed by atoms with E-state index in [9.17, 15) is 9.59 Å². The predicted octanol–water partition coefficient (Wildman–Crippen LogP) is 4.89. The van der Waals surface area contributed by atoms with Gasteiger partial charge in [-0.15, -0.1) is 11.3 Å². The van der Waals surface area contributed by atoms with Gasteiger partial charge in [-0.25, -0.2) is 0 Å². The molecule has 5 nitrogen and oxygen atoms in total. The van der Waals surface area contributed by atoms with Gasteiger partial charge in [0.15, 0.2) is 0 Å². The third-order valence-corrected chi connectivity index (χ3v) is 10.2. The van der Waals surface area contributed by atoms with Crippen molar-refractivity contribution in [2.45, 2.75) is 83.8 Å². The molecule has 1 aromatic rings. The molecule has 4 bridgehead atoms. The van der Waals surface area contributed by atoms with Crippen LogP contribution in [0.15, 0.2) is 0 Å². The number of carbonyl (C=O) groups excluding carboxylic acids is 2. The van der Waals surface area contributed by atoms with E-state index in [1.54, 1.807) is 11.3 Å². The van der Waals surface area contributed by atoms with Crippen LogP contribution in [0.5, 0.6) is 0 Å². The van der Waals surface area contributed by atoms with Crippen molar-refractivity contribution in [2.24, 2.45) is 29.1 Å². The summed E-state index contributed by atoms with van der Waals surface area (Å²) < 4.78 is 5.66. The minimum atomic E-state index is -0.179. The molecule has 6 aliphatic rings. The average molecular weight is 443 g/mol. The molecule has 1 aliphatic heterocycles. The molecule has 7 rings (SSSR count). The summed E-state index contributed by atoms with van der Waals surface area (Å²) in [5.41, 5.74) is 1.65. The summed E-state index contributed by atoms with van der Waals surface area (Å²) in [7, 11) is 0. The Morgan fingerprint density at radius 1 is 1.06 bits per heavy atom. The molecule has 5 fully saturated rings. The zero-order valence-electron chi connectivity index (χ0n) is 18.5. The Morgan fingerprint density at radius 2 is 1.81 bits per heavy atom. The lowest BCUT2D eigenvalue weighted by atomic mass is 9.75. The summed E-state index contributed by atoms with van der Waals surface area (Å²) in [6.45, 7) is 3.49. The van der Waals surface area contributed by atoms with Gasteiger partial charge in [0, 0.05) is 10.9 Å². The summed E-state index contributed by atoms with van der Waals surface area (Å²) in [6.07, 6.45) is 11.1. The maximum atomic E-state index is 13.6. The van der Waals surface area contributed by atoms with E-state index in [0.29, 0.717) is 19.1 Å². The van der Waals surface area contributed by atoms with Gasteiger partial charge in [0.2, 0.25) is 5.91 Å². The van der Waals surface area contributed by atoms with Gasteiger partial charge >= 0.3 is 0 Å². The maximum Gasteiger partial charge on any atom is 0.254 e. The van der Waals surface area contributed by atoms with Crippen LogP contribution in [0.1, 0.15) is 85.5 Å². The number of anilines is 1. The number of fused-ring (bicyclic) bond motifs is 1. The number of rotatable bonds is 4. The Hall–Kier alpha value is -1.40. The molecule has 0 aromatic carbocycles. The number of hydrogen-bond donors (Lipinski definition) is 2. The standard InChI is InChI=1S/C25H34N2O3S/c1-14-2-4-18(5-3-14)26-22(28)21-19-6-7-30-13-20(19)31-23(21)27-24(29)25-11-15-8-16(12-25)10-17(25)9-15/h14-18H,2-13H2,1H3,(H,26,28)(H,27,29). The van der Waals surface area contributed by atoms with Crippen molar-refractivity contribution >= 4 is 28.2 Å². The maximum absolute atomic E-state index is 13.6. The van der Waals surface area contributed by atoms with E-state index in [1.807, 2.05) is 0 Å². The average Bonchev–Trinajstić information content (AvgIpc) is 3.33. The van der Waals surface area contributed by atoms with Gasteiger partial charge in [-0.3, -0.25) is 9.59 Å². The van der Waals surface area contributed by atoms with Gasteiger partial charge in [0.05, 0.1) is 24.2 Å². The summed E-state index contributed by atoms with van der Waals surface area (Å²) in [5, 5.41) is 7.38. The number of nitrogens with one attached hydrogen (secondary N) is 2. The molecule has 0 radical (unpaired) electrons. The molecule has 31 heavy (non-hydrogen) atoms. The monoisotopic (exact) mass is 442 g/mol. The predicted molar refractivity (Wildman–Crippen MR) is 121 cm³/mol. The molecule has 5 saturated carbocycles. The zero-order chi connectivity index (χ0) is 21.2. The lowest BCUT2D eigenvalue weighted by molar-refractivity contribution is -0.127. The lowest BCUT2D eigenvalue weighted by Crippen LogP contribution is -2.39. The van der Waals surface area contributed by atoms with Crippen LogP contribution in [0, 0.1) is 29.1 Å². The molecule has 168 valence electrons. The van der Waals surface area contributed by atoms with Crippen molar-refractivity contribution in [1.29, 1.82) is 0 Å². The molecule has 2 amide bonds. The highest BCUT2D eigenvalue weighted by Gasteiger charge is 2.61. The van der Waals surface area contributed by atoms with Crippen molar-refractivity contribution in [3.63, 3.8) is 0 Å². The van der Waals surface area contributed by atoms with E-state index >= 15 is 0 Å². The van der Waals surface area contributed by atoms with Crippen LogP contribution in [0.25, 0.3) is 0 Å². The minimum Gasteiger partial charge on any atom is -0.376 e. The van der Waals surface area contributed by atoms with Crippen molar-refractivity contribution in [1.82, 2.24) is 5.32 Å². The second-order valence-electron chi connectivity index (χ2n) is 11.1. The van der Waals surface area contributed by atoms with Crippen LogP contribution < -0.4 is 10.6 Å². The first kappa shape index (κ1) is 20.2. The molecular weight excluding hydrogens is 408 g/mol. The van der Waals surface area contributed by atoms with Gasteiger partial charge in [0.1, 0.15) is 5.00 Å². The number of hydrogen-bond acceptors (Lipinski definition) is 4. The highest BCUT2D eigenvalue weighted by Crippen LogP contribution is 2.65. The van der Waals surface area contributed by atoms with Gasteiger partial charge in [-0.05, 0) is 93.4 Å². The van der Waals surface area contributed by atoms with Gasteiger partial charge in [0.25, 0.3) is 5.91 Å². The van der Waals surface area contributed by atoms with Crippen LogP contribution in [0.4, 0.5) is 5.00 Å². The van der Waals surface area contributed by atoms with Crippen LogP contribution in [-0.4, -0.2) is 24.5 Å². The van der Waals surface area contributed by atoms with Gasteiger partial charge in [-0.2, -0.15) is 0 Å². The van der Waals surface area contributed by atoms with Crippen LogP contribution in [0.2, 0.25) is 0 Å². The second-order valence-corrected chi connectivity index (χ2v) is 12.2. The van der Waals surface area contributed by atoms with Crippen molar-refractivity contribution in [3.8, 4) is 0 Å². The number of thiophene rings is 1. The second kappa shape index (κ2) is 7.58. The first-order valence-electron chi connectivity index (χ1n) is 12.4. The number of ether oxygens (including phenoxy) is 1. The van der Waals surface area contributed by atoms with Gasteiger partial charge in [-0.1, -0.05) is 6.92 Å². The van der Waals surface area contributed by atoms with Crippen molar-refractivity contribution in [3.05, 3.63) is 16.0 Å². The van der Waals surface area contributed by atoms with E-state index in [0.717, 1.165) is 70.9 Å². The smallest absolute Gasteiger partial charge is 0.254 e. The van der Waals surface area contributed by atoms with E-state index < -0.39 is 0 Å². The zero-order valence-corrected chi connectivity index (χ0v) is 19.3. The fourth-order valence-corrected chi connectivity index (χ4v) is 8.79. The Morgan fingerprint density at radius 3 is 2.55 bits per heavy atom. The summed E-state index contributed by atoms with van der Waals surface area (Å²) >= 11 is 1.56. The van der Waals surface area contributed by atoms with E-state index in [2.05, 4.69) is 17.6 Å². The Kier molecular flexibility index (Phi) is 4.95. The third kappa shape index (κ3) is 3.36. The first-order valence-corrected chi connectivity index (χ1v) is 13.2. The molecule has 0 saturated heterocycles. The normalized spacial score (nSPS) is 38.2. The fourth-order valence-electron chi connectivity index (χ4n) is 7.62. The van der Waals surface area contributed by atoms with E-state index in [-0.39, 0.29) is 23.3 Å². The molecule has 2 N–H and O–H groups in total. The SMILES string of the molecule is CC1CCC(NC(=O)c2c(NC(=O)C34CC5CC(CC3C5)C4)sc3c2CCOC3)CC1. The highest BCUT2D eigenvalue weighted by molar-refractivity contribution is 7.17. The minimum absolute atomic E-state index is 0.00370. The molecule has 2 unspecified atom stereocenters. The Labute approximate surface area is 188 Å². The lowest BCUT2D eigenvalue weighted by Gasteiger charge is -2.31. The topological polar surface area (TPSA) is 67.4 Å². The number of amides is 2. The molecule has 0 spiro atoms. The van der Waals surface area contributed by atoms with E-state index in [4.69, 9.17) is 4.74 Å². The molecule has 2 heterocycles. The molecule has 2 atom stereocenters. The van der Waals surface area contributed by atoms with Crippen LogP contribution in [0.3, 0.4) is 0 Å². The molecule has 1 aromatic heterocycles. The van der Waals surface area contributed by atoms with Crippen molar-refractivity contribution in [2.75, 3.05) is 11.9 Å². The van der Waals surface area contributed by atoms with E-state index in [1.165, 1.54) is 32.1 Å². The number of carbonyl (C=O) groups is 2. The Balaban J connectivity index is 1.25. The van der Waals surface area contributed by atoms with Crippen LogP contribution >= 0.6 is 11.3 Å².